The molecular formula is C21H17ClN2O2. The number of hydrogen-bond donors (Lipinski definition) is 1. The van der Waals surface area contributed by atoms with E-state index in [4.69, 9.17) is 16.3 Å². The Morgan fingerprint density at radius 3 is 2.54 bits per heavy atom. The van der Waals surface area contributed by atoms with E-state index in [9.17, 15) is 4.79 Å². The molecule has 1 amide bonds. The Balaban J connectivity index is 2.00. The molecule has 0 bridgehead atoms. The number of rotatable bonds is 2. The summed E-state index contributed by atoms with van der Waals surface area (Å²) in [5.74, 6) is 0.582. The Hall–Kier alpha value is -2.98. The van der Waals surface area contributed by atoms with Crippen molar-refractivity contribution in [3.63, 3.8) is 0 Å². The van der Waals surface area contributed by atoms with Crippen LogP contribution in [0.2, 0.25) is 5.02 Å². The summed E-state index contributed by atoms with van der Waals surface area (Å²) in [6, 6.07) is 18.7. The first kappa shape index (κ1) is 16.5. The van der Waals surface area contributed by atoms with Gasteiger partial charge < -0.3 is 10.1 Å². The zero-order valence-electron chi connectivity index (χ0n) is 14.4. The van der Waals surface area contributed by atoms with Gasteiger partial charge in [-0.3, -0.25) is 9.69 Å². The van der Waals surface area contributed by atoms with Gasteiger partial charge >= 0.3 is 0 Å². The predicted octanol–water partition coefficient (Wildman–Crippen LogP) is 5.69. The number of carbonyl (C=O) groups excluding carboxylic acids is 1. The highest BCUT2D eigenvalue weighted by molar-refractivity contribution is 6.31. The minimum atomic E-state index is -0.131. The third-order valence-electron chi connectivity index (χ3n) is 4.49. The van der Waals surface area contributed by atoms with Gasteiger partial charge in [0.2, 0.25) is 0 Å². The highest BCUT2D eigenvalue weighted by Crippen LogP contribution is 2.42. The summed E-state index contributed by atoms with van der Waals surface area (Å²) in [6.07, 6.45) is 0. The number of anilines is 4. The summed E-state index contributed by atoms with van der Waals surface area (Å²) in [7, 11) is 1.62. The molecule has 0 atom stereocenters. The van der Waals surface area contributed by atoms with Crippen LogP contribution in [0.5, 0.6) is 5.75 Å². The molecule has 26 heavy (non-hydrogen) atoms. The van der Waals surface area contributed by atoms with Crippen LogP contribution in [-0.2, 0) is 0 Å². The van der Waals surface area contributed by atoms with Crippen molar-refractivity contribution in [2.45, 2.75) is 6.92 Å². The Kier molecular flexibility index (Phi) is 4.05. The third kappa shape index (κ3) is 2.68. The van der Waals surface area contributed by atoms with Crippen LogP contribution in [0, 0.1) is 6.92 Å². The molecule has 0 unspecified atom stereocenters. The van der Waals surface area contributed by atoms with Crippen LogP contribution in [-0.4, -0.2) is 13.0 Å². The van der Waals surface area contributed by atoms with E-state index in [2.05, 4.69) is 5.32 Å². The fraction of sp³-hybridized carbons (Fsp3) is 0.0952. The van der Waals surface area contributed by atoms with Crippen LogP contribution in [0.15, 0.2) is 60.7 Å². The maximum Gasteiger partial charge on any atom is 0.265 e. The van der Waals surface area contributed by atoms with Gasteiger partial charge in [0, 0.05) is 11.1 Å². The quantitative estimate of drug-likeness (QED) is 0.634. The van der Waals surface area contributed by atoms with Crippen LogP contribution in [0.4, 0.5) is 22.7 Å². The number of halogens is 1. The van der Waals surface area contributed by atoms with Crippen molar-refractivity contribution in [2.24, 2.45) is 0 Å². The standard InChI is InChI=1S/C21H17ClN2O2/c1-13-5-3-4-6-19(13)24-20-10-8-15(26-2)12-18(20)23-17-9-7-14(22)11-16(17)21(24)25/h3-12,23H,1-2H3. The molecule has 3 aromatic rings. The van der Waals surface area contributed by atoms with E-state index in [1.165, 1.54) is 0 Å². The van der Waals surface area contributed by atoms with E-state index in [0.717, 1.165) is 22.6 Å². The molecule has 3 aromatic carbocycles. The maximum atomic E-state index is 13.5. The molecule has 0 aliphatic carbocycles. The maximum absolute atomic E-state index is 13.5. The zero-order valence-corrected chi connectivity index (χ0v) is 15.2. The molecule has 4 rings (SSSR count). The van der Waals surface area contributed by atoms with Crippen LogP contribution in [0.1, 0.15) is 15.9 Å². The van der Waals surface area contributed by atoms with Crippen LogP contribution < -0.4 is 15.0 Å². The largest absolute Gasteiger partial charge is 0.497 e. The second-order valence-corrected chi connectivity index (χ2v) is 6.56. The molecule has 1 aliphatic heterocycles. The number of benzene rings is 3. The van der Waals surface area contributed by atoms with E-state index in [0.29, 0.717) is 22.0 Å². The molecular weight excluding hydrogens is 348 g/mol. The molecule has 0 fully saturated rings. The Bertz CT molecular complexity index is 1020. The fourth-order valence-electron chi connectivity index (χ4n) is 3.17. The summed E-state index contributed by atoms with van der Waals surface area (Å²) in [5, 5.41) is 3.87. The Labute approximate surface area is 157 Å². The van der Waals surface area contributed by atoms with E-state index in [1.807, 2.05) is 55.5 Å². The van der Waals surface area contributed by atoms with Crippen LogP contribution in [0.3, 0.4) is 0 Å². The minimum Gasteiger partial charge on any atom is -0.497 e. The van der Waals surface area contributed by atoms with Crippen molar-refractivity contribution in [2.75, 3.05) is 17.3 Å². The highest BCUT2D eigenvalue weighted by Gasteiger charge is 2.29. The number of amides is 1. The molecule has 0 aromatic heterocycles. The molecule has 0 spiro atoms. The lowest BCUT2D eigenvalue weighted by Gasteiger charge is -2.25. The number of fused-ring (bicyclic) bond motifs is 2. The first-order valence-corrected chi connectivity index (χ1v) is 8.61. The number of hydrogen-bond acceptors (Lipinski definition) is 3. The van der Waals surface area contributed by atoms with Gasteiger partial charge in [0.15, 0.2) is 0 Å². The smallest absolute Gasteiger partial charge is 0.265 e. The first-order valence-electron chi connectivity index (χ1n) is 8.23. The molecule has 0 radical (unpaired) electrons. The first-order chi connectivity index (χ1) is 12.6. The fourth-order valence-corrected chi connectivity index (χ4v) is 3.34. The summed E-state index contributed by atoms with van der Waals surface area (Å²) in [6.45, 7) is 1.99. The Morgan fingerprint density at radius 1 is 0.962 bits per heavy atom. The molecule has 130 valence electrons. The summed E-state index contributed by atoms with van der Waals surface area (Å²) in [5.41, 5.74) is 4.63. The van der Waals surface area contributed by atoms with Crippen molar-refractivity contribution in [3.8, 4) is 5.75 Å². The number of nitrogens with one attached hydrogen (secondary N) is 1. The van der Waals surface area contributed by atoms with Crippen molar-refractivity contribution < 1.29 is 9.53 Å². The van der Waals surface area contributed by atoms with Gasteiger partial charge in [-0.25, -0.2) is 0 Å². The van der Waals surface area contributed by atoms with Crippen molar-refractivity contribution in [1.82, 2.24) is 0 Å². The number of carbonyl (C=O) groups is 1. The monoisotopic (exact) mass is 364 g/mol. The molecule has 0 saturated heterocycles. The van der Waals surface area contributed by atoms with Gasteiger partial charge in [0.1, 0.15) is 5.75 Å². The van der Waals surface area contributed by atoms with E-state index in [-0.39, 0.29) is 5.91 Å². The third-order valence-corrected chi connectivity index (χ3v) is 4.72. The molecule has 1 heterocycles. The zero-order chi connectivity index (χ0) is 18.3. The van der Waals surface area contributed by atoms with Gasteiger partial charge in [0.25, 0.3) is 5.91 Å². The summed E-state index contributed by atoms with van der Waals surface area (Å²) >= 11 is 6.16. The Morgan fingerprint density at radius 2 is 1.77 bits per heavy atom. The second kappa shape index (κ2) is 6.39. The van der Waals surface area contributed by atoms with Gasteiger partial charge in [-0.15, -0.1) is 0 Å². The lowest BCUT2D eigenvalue weighted by Crippen LogP contribution is -2.25. The SMILES string of the molecule is COc1ccc2c(c1)Nc1ccc(Cl)cc1C(=O)N2c1ccccc1C. The lowest BCUT2D eigenvalue weighted by atomic mass is 10.1. The molecule has 5 heteroatoms. The van der Waals surface area contributed by atoms with Gasteiger partial charge in [-0.1, -0.05) is 29.8 Å². The highest BCUT2D eigenvalue weighted by atomic mass is 35.5. The summed E-state index contributed by atoms with van der Waals surface area (Å²) < 4.78 is 5.36. The van der Waals surface area contributed by atoms with Crippen molar-refractivity contribution in [1.29, 1.82) is 0 Å². The number of aryl methyl sites for hydroxylation is 1. The number of ether oxygens (including phenoxy) is 1. The van der Waals surface area contributed by atoms with Gasteiger partial charge in [0.05, 0.1) is 35.4 Å². The van der Waals surface area contributed by atoms with Crippen molar-refractivity contribution in [3.05, 3.63) is 76.8 Å². The average molecular weight is 365 g/mol. The minimum absolute atomic E-state index is 0.131. The predicted molar refractivity (Wildman–Crippen MR) is 105 cm³/mol. The normalized spacial score (nSPS) is 12.7. The number of nitrogens with zero attached hydrogens (tertiary/aromatic N) is 1. The van der Waals surface area contributed by atoms with Gasteiger partial charge in [-0.05, 0) is 48.9 Å². The van der Waals surface area contributed by atoms with Crippen molar-refractivity contribution >= 4 is 40.3 Å². The number of methoxy groups -OCH3 is 1. The van der Waals surface area contributed by atoms with Crippen LogP contribution in [0.25, 0.3) is 0 Å². The topological polar surface area (TPSA) is 41.6 Å². The van der Waals surface area contributed by atoms with Crippen LogP contribution >= 0.6 is 11.6 Å². The average Bonchev–Trinajstić information content (AvgIpc) is 2.76. The second-order valence-electron chi connectivity index (χ2n) is 6.13. The van der Waals surface area contributed by atoms with E-state index >= 15 is 0 Å². The lowest BCUT2D eigenvalue weighted by molar-refractivity contribution is 0.100. The molecule has 1 N–H and O–H groups in total. The summed E-state index contributed by atoms with van der Waals surface area (Å²) in [4.78, 5) is 15.2. The van der Waals surface area contributed by atoms with Gasteiger partial charge in [-0.2, -0.15) is 0 Å². The molecule has 4 nitrogen and oxygen atoms in total. The number of para-hydroxylation sites is 1. The van der Waals surface area contributed by atoms with E-state index < -0.39 is 0 Å². The van der Waals surface area contributed by atoms with E-state index in [1.54, 1.807) is 24.1 Å². The molecule has 0 saturated carbocycles. The molecule has 1 aliphatic rings.